The van der Waals surface area contributed by atoms with Gasteiger partial charge in [-0.1, -0.05) is 30.4 Å². The van der Waals surface area contributed by atoms with Crippen LogP contribution in [0.25, 0.3) is 0 Å². The Kier molecular flexibility index (Phi) is 4.47. The first kappa shape index (κ1) is 13.2. The molecule has 2 aromatic rings. The van der Waals surface area contributed by atoms with Crippen molar-refractivity contribution in [2.75, 3.05) is 7.05 Å². The highest BCUT2D eigenvalue weighted by molar-refractivity contribution is 7.80. The van der Waals surface area contributed by atoms with Gasteiger partial charge in [0.2, 0.25) is 0 Å². The van der Waals surface area contributed by atoms with Gasteiger partial charge >= 0.3 is 0 Å². The summed E-state index contributed by atoms with van der Waals surface area (Å²) in [5.74, 6) is 0. The highest BCUT2D eigenvalue weighted by Gasteiger charge is 2.04. The van der Waals surface area contributed by atoms with E-state index in [-0.39, 0.29) is 0 Å². The molecule has 0 aliphatic carbocycles. The normalized spacial score (nSPS) is 10.8. The second-order valence-corrected chi connectivity index (χ2v) is 5.59. The van der Waals surface area contributed by atoms with Crippen molar-refractivity contribution < 1.29 is 0 Å². The quantitative estimate of drug-likeness (QED) is 0.851. The maximum Gasteiger partial charge on any atom is 0.103 e. The number of nitrogens with zero attached hydrogens (tertiary/aromatic N) is 1. The van der Waals surface area contributed by atoms with Gasteiger partial charge in [-0.15, -0.1) is 0 Å². The van der Waals surface area contributed by atoms with Gasteiger partial charge in [-0.3, -0.25) is 4.90 Å². The summed E-state index contributed by atoms with van der Waals surface area (Å²) in [6.07, 6.45) is 0. The average molecular weight is 276 g/mol. The molecule has 4 heteroatoms. The van der Waals surface area contributed by atoms with Gasteiger partial charge in [0, 0.05) is 18.7 Å². The maximum absolute atomic E-state index is 5.64. The lowest BCUT2D eigenvalue weighted by Gasteiger charge is -2.16. The second kappa shape index (κ2) is 6.09. The molecule has 0 bridgehead atoms. The van der Waals surface area contributed by atoms with Crippen molar-refractivity contribution in [1.29, 1.82) is 0 Å². The first-order chi connectivity index (χ1) is 8.65. The molecule has 0 amide bonds. The monoisotopic (exact) mass is 276 g/mol. The van der Waals surface area contributed by atoms with E-state index in [0.29, 0.717) is 4.99 Å². The minimum atomic E-state index is 0.456. The van der Waals surface area contributed by atoms with Crippen LogP contribution in [0.3, 0.4) is 0 Å². The minimum absolute atomic E-state index is 0.456. The summed E-state index contributed by atoms with van der Waals surface area (Å²) in [5.41, 5.74) is 9.17. The predicted octanol–water partition coefficient (Wildman–Crippen LogP) is 3.01. The molecule has 2 nitrogen and oxygen atoms in total. The number of thiocarbonyl (C=S) groups is 1. The Bertz CT molecular complexity index is 520. The fourth-order valence-corrected chi connectivity index (χ4v) is 2.67. The third-order valence-electron chi connectivity index (χ3n) is 2.70. The molecule has 94 valence electrons. The topological polar surface area (TPSA) is 29.3 Å². The predicted molar refractivity (Wildman–Crippen MR) is 81.8 cm³/mol. The van der Waals surface area contributed by atoms with E-state index < -0.39 is 0 Å². The van der Waals surface area contributed by atoms with E-state index in [4.69, 9.17) is 18.0 Å². The van der Waals surface area contributed by atoms with Crippen LogP contribution in [-0.2, 0) is 13.1 Å². The molecule has 0 atom stereocenters. The highest BCUT2D eigenvalue weighted by atomic mass is 32.1. The van der Waals surface area contributed by atoms with Gasteiger partial charge in [-0.05, 0) is 41.1 Å². The standard InChI is InChI=1S/C14H16N2S2/c1-16(9-12-5-6-18-10-12)8-11-3-2-4-13(7-11)14(15)17/h2-7,10H,8-9H2,1H3,(H2,15,17). The second-order valence-electron chi connectivity index (χ2n) is 4.37. The molecule has 0 aliphatic rings. The lowest BCUT2D eigenvalue weighted by molar-refractivity contribution is 0.319. The Balaban J connectivity index is 2.00. The molecule has 0 saturated carbocycles. The molecule has 1 heterocycles. The van der Waals surface area contributed by atoms with Crippen LogP contribution in [0.15, 0.2) is 41.1 Å². The summed E-state index contributed by atoms with van der Waals surface area (Å²) >= 11 is 6.73. The minimum Gasteiger partial charge on any atom is -0.389 e. The molecule has 0 radical (unpaired) electrons. The van der Waals surface area contributed by atoms with E-state index >= 15 is 0 Å². The summed E-state index contributed by atoms with van der Waals surface area (Å²) in [6, 6.07) is 10.3. The Hall–Kier alpha value is -1.23. The van der Waals surface area contributed by atoms with Crippen LogP contribution in [0.1, 0.15) is 16.7 Å². The van der Waals surface area contributed by atoms with E-state index in [9.17, 15) is 0 Å². The van der Waals surface area contributed by atoms with E-state index in [2.05, 4.69) is 40.9 Å². The summed E-state index contributed by atoms with van der Waals surface area (Å²) in [6.45, 7) is 1.85. The molecular weight excluding hydrogens is 260 g/mol. The molecule has 1 aromatic carbocycles. The third kappa shape index (κ3) is 3.63. The Morgan fingerprint density at radius 2 is 2.06 bits per heavy atom. The zero-order valence-corrected chi connectivity index (χ0v) is 11.9. The molecule has 18 heavy (non-hydrogen) atoms. The molecular formula is C14H16N2S2. The average Bonchev–Trinajstić information content (AvgIpc) is 2.82. The van der Waals surface area contributed by atoms with Crippen molar-refractivity contribution in [1.82, 2.24) is 4.90 Å². The zero-order valence-electron chi connectivity index (χ0n) is 10.3. The third-order valence-corrected chi connectivity index (χ3v) is 3.66. The number of hydrogen-bond acceptors (Lipinski definition) is 3. The lowest BCUT2D eigenvalue weighted by atomic mass is 10.1. The van der Waals surface area contributed by atoms with Gasteiger partial charge < -0.3 is 5.73 Å². The van der Waals surface area contributed by atoms with Crippen molar-refractivity contribution in [2.45, 2.75) is 13.1 Å². The SMILES string of the molecule is CN(Cc1ccsc1)Cc1cccc(C(N)=S)c1. The Labute approximate surface area is 117 Å². The Morgan fingerprint density at radius 1 is 1.28 bits per heavy atom. The van der Waals surface area contributed by atoms with E-state index in [1.165, 1.54) is 11.1 Å². The van der Waals surface area contributed by atoms with Crippen molar-refractivity contribution in [3.63, 3.8) is 0 Å². The number of rotatable bonds is 5. The Morgan fingerprint density at radius 3 is 2.72 bits per heavy atom. The molecule has 0 saturated heterocycles. The van der Waals surface area contributed by atoms with Crippen molar-refractivity contribution in [3.05, 3.63) is 57.8 Å². The number of hydrogen-bond donors (Lipinski definition) is 1. The molecule has 0 fully saturated rings. The van der Waals surface area contributed by atoms with Gasteiger partial charge in [-0.25, -0.2) is 0 Å². The molecule has 1 aromatic heterocycles. The van der Waals surface area contributed by atoms with Crippen molar-refractivity contribution in [3.8, 4) is 0 Å². The first-order valence-electron chi connectivity index (χ1n) is 5.73. The zero-order chi connectivity index (χ0) is 13.0. The van der Waals surface area contributed by atoms with Crippen LogP contribution in [0, 0.1) is 0 Å². The number of benzene rings is 1. The number of nitrogens with two attached hydrogens (primary N) is 1. The van der Waals surface area contributed by atoms with Gasteiger partial charge in [0.1, 0.15) is 4.99 Å². The smallest absolute Gasteiger partial charge is 0.103 e. The molecule has 2 N–H and O–H groups in total. The van der Waals surface area contributed by atoms with Crippen LogP contribution in [0.4, 0.5) is 0 Å². The van der Waals surface area contributed by atoms with Gasteiger partial charge in [-0.2, -0.15) is 11.3 Å². The van der Waals surface area contributed by atoms with E-state index in [0.717, 1.165) is 18.7 Å². The molecule has 0 spiro atoms. The van der Waals surface area contributed by atoms with Gasteiger partial charge in [0.25, 0.3) is 0 Å². The van der Waals surface area contributed by atoms with Crippen LogP contribution >= 0.6 is 23.6 Å². The van der Waals surface area contributed by atoms with E-state index in [1.807, 2.05) is 12.1 Å². The van der Waals surface area contributed by atoms with Crippen LogP contribution in [0.2, 0.25) is 0 Å². The van der Waals surface area contributed by atoms with Crippen LogP contribution < -0.4 is 5.73 Å². The lowest BCUT2D eigenvalue weighted by Crippen LogP contribution is -2.17. The first-order valence-corrected chi connectivity index (χ1v) is 7.08. The van der Waals surface area contributed by atoms with Gasteiger partial charge in [0.05, 0.1) is 0 Å². The summed E-state index contributed by atoms with van der Waals surface area (Å²) in [5, 5.41) is 4.29. The molecule has 0 aliphatic heterocycles. The molecule has 2 rings (SSSR count). The maximum atomic E-state index is 5.64. The van der Waals surface area contributed by atoms with Crippen molar-refractivity contribution in [2.24, 2.45) is 5.73 Å². The van der Waals surface area contributed by atoms with Crippen molar-refractivity contribution >= 4 is 28.5 Å². The van der Waals surface area contributed by atoms with Gasteiger partial charge in [0.15, 0.2) is 0 Å². The summed E-state index contributed by atoms with van der Waals surface area (Å²) < 4.78 is 0. The van der Waals surface area contributed by atoms with Crippen LogP contribution in [-0.4, -0.2) is 16.9 Å². The largest absolute Gasteiger partial charge is 0.389 e. The highest BCUT2D eigenvalue weighted by Crippen LogP contribution is 2.12. The van der Waals surface area contributed by atoms with E-state index in [1.54, 1.807) is 11.3 Å². The molecule has 0 unspecified atom stereocenters. The van der Waals surface area contributed by atoms with Crippen LogP contribution in [0.5, 0.6) is 0 Å². The fraction of sp³-hybridized carbons (Fsp3) is 0.214. The summed E-state index contributed by atoms with van der Waals surface area (Å²) in [7, 11) is 2.12. The number of thiophene rings is 1. The fourth-order valence-electron chi connectivity index (χ4n) is 1.88. The summed E-state index contributed by atoms with van der Waals surface area (Å²) in [4.78, 5) is 2.73.